The van der Waals surface area contributed by atoms with Crippen LogP contribution in [0.25, 0.3) is 0 Å². The van der Waals surface area contributed by atoms with E-state index < -0.39 is 16.1 Å². The summed E-state index contributed by atoms with van der Waals surface area (Å²) < 4.78 is 24.6. The van der Waals surface area contributed by atoms with E-state index in [1.165, 1.54) is 19.1 Å². The number of anilines is 3. The van der Waals surface area contributed by atoms with E-state index in [4.69, 9.17) is 0 Å². The fourth-order valence-electron chi connectivity index (χ4n) is 1.92. The van der Waals surface area contributed by atoms with Crippen LogP contribution in [0.5, 0.6) is 0 Å². The monoisotopic (exact) mass is 347 g/mol. The number of benzene rings is 2. The number of ketones is 1. The van der Waals surface area contributed by atoms with Gasteiger partial charge in [-0.15, -0.1) is 0 Å². The lowest BCUT2D eigenvalue weighted by atomic mass is 10.1. The number of amides is 2. The second kappa shape index (κ2) is 7.14. The van der Waals surface area contributed by atoms with Crippen LogP contribution in [0.3, 0.4) is 0 Å². The maximum atomic E-state index is 11.9. The maximum absolute atomic E-state index is 11.9. The molecule has 0 aliphatic heterocycles. The Hall–Kier alpha value is -2.87. The quantitative estimate of drug-likeness (QED) is 0.723. The first-order chi connectivity index (χ1) is 11.2. The molecule has 7 nitrogen and oxygen atoms in total. The van der Waals surface area contributed by atoms with E-state index in [0.717, 1.165) is 6.26 Å². The number of nitrogens with one attached hydrogen (secondary N) is 3. The summed E-state index contributed by atoms with van der Waals surface area (Å²) in [6.07, 6.45) is 1.06. The molecule has 2 amide bonds. The topological polar surface area (TPSA) is 104 Å². The van der Waals surface area contributed by atoms with Crippen molar-refractivity contribution in [2.75, 3.05) is 21.6 Å². The summed E-state index contributed by atoms with van der Waals surface area (Å²) in [5.41, 5.74) is 2.03. The molecule has 126 valence electrons. The zero-order valence-corrected chi connectivity index (χ0v) is 14.0. The molecule has 0 unspecified atom stereocenters. The summed E-state index contributed by atoms with van der Waals surface area (Å²) in [6.45, 7) is 1.47. The highest BCUT2D eigenvalue weighted by atomic mass is 32.2. The number of urea groups is 1. The number of rotatable bonds is 5. The molecule has 3 N–H and O–H groups in total. The molecule has 0 spiro atoms. The Bertz CT molecular complexity index is 844. The Balaban J connectivity index is 1.95. The molecule has 0 aromatic heterocycles. The molecular weight excluding hydrogens is 330 g/mol. The molecule has 0 aliphatic rings. The van der Waals surface area contributed by atoms with Crippen LogP contribution in [0.4, 0.5) is 21.9 Å². The van der Waals surface area contributed by atoms with Gasteiger partial charge in [0, 0.05) is 22.6 Å². The van der Waals surface area contributed by atoms with E-state index >= 15 is 0 Å². The highest BCUT2D eigenvalue weighted by Gasteiger charge is 2.05. The molecule has 2 aromatic rings. The van der Waals surface area contributed by atoms with Crippen molar-refractivity contribution in [3.8, 4) is 0 Å². The first-order valence-electron chi connectivity index (χ1n) is 7.00. The van der Waals surface area contributed by atoms with Crippen molar-refractivity contribution in [2.45, 2.75) is 6.92 Å². The van der Waals surface area contributed by atoms with Gasteiger partial charge < -0.3 is 10.6 Å². The average molecular weight is 347 g/mol. The van der Waals surface area contributed by atoms with Crippen LogP contribution < -0.4 is 15.4 Å². The van der Waals surface area contributed by atoms with Gasteiger partial charge in [0.15, 0.2) is 5.78 Å². The van der Waals surface area contributed by atoms with Gasteiger partial charge in [-0.2, -0.15) is 0 Å². The van der Waals surface area contributed by atoms with Crippen molar-refractivity contribution >= 4 is 38.9 Å². The first kappa shape index (κ1) is 17.5. The molecular formula is C16H17N3O4S. The van der Waals surface area contributed by atoms with Crippen LogP contribution in [0.2, 0.25) is 0 Å². The molecule has 0 saturated heterocycles. The SMILES string of the molecule is CC(=O)c1ccc(NC(=O)Nc2ccc(NS(C)(=O)=O)cc2)cc1. The summed E-state index contributed by atoms with van der Waals surface area (Å²) >= 11 is 0. The molecule has 8 heteroatoms. The van der Waals surface area contributed by atoms with Crippen LogP contribution in [0, 0.1) is 0 Å². The van der Waals surface area contributed by atoms with Crippen molar-refractivity contribution in [1.82, 2.24) is 0 Å². The van der Waals surface area contributed by atoms with Gasteiger partial charge in [0.25, 0.3) is 0 Å². The maximum Gasteiger partial charge on any atom is 0.323 e. The zero-order chi connectivity index (χ0) is 17.7. The Morgan fingerprint density at radius 2 is 1.21 bits per heavy atom. The molecule has 2 rings (SSSR count). The zero-order valence-electron chi connectivity index (χ0n) is 13.2. The van der Waals surface area contributed by atoms with Gasteiger partial charge in [0.2, 0.25) is 10.0 Å². The first-order valence-corrected chi connectivity index (χ1v) is 8.89. The van der Waals surface area contributed by atoms with Crippen molar-refractivity contribution < 1.29 is 18.0 Å². The number of hydrogen-bond donors (Lipinski definition) is 3. The highest BCUT2D eigenvalue weighted by Crippen LogP contribution is 2.15. The fraction of sp³-hybridized carbons (Fsp3) is 0.125. The Kier molecular flexibility index (Phi) is 5.20. The van der Waals surface area contributed by atoms with E-state index in [1.807, 2.05) is 0 Å². The number of Topliss-reactive ketones (excluding diaryl/α,β-unsaturated/α-hetero) is 1. The minimum absolute atomic E-state index is 0.0474. The molecule has 24 heavy (non-hydrogen) atoms. The van der Waals surface area contributed by atoms with E-state index in [1.54, 1.807) is 36.4 Å². The third-order valence-corrected chi connectivity index (χ3v) is 3.60. The van der Waals surface area contributed by atoms with Gasteiger partial charge in [-0.3, -0.25) is 9.52 Å². The van der Waals surface area contributed by atoms with E-state index in [9.17, 15) is 18.0 Å². The lowest BCUT2D eigenvalue weighted by Crippen LogP contribution is -2.19. The van der Waals surface area contributed by atoms with Gasteiger partial charge >= 0.3 is 6.03 Å². The summed E-state index contributed by atoms with van der Waals surface area (Å²) in [6, 6.07) is 12.3. The van der Waals surface area contributed by atoms with Crippen molar-refractivity contribution in [1.29, 1.82) is 0 Å². The Morgan fingerprint density at radius 3 is 1.62 bits per heavy atom. The summed E-state index contributed by atoms with van der Waals surface area (Å²) in [4.78, 5) is 23.1. The van der Waals surface area contributed by atoms with E-state index in [-0.39, 0.29) is 5.78 Å². The van der Waals surface area contributed by atoms with Gasteiger partial charge in [0.1, 0.15) is 0 Å². The minimum Gasteiger partial charge on any atom is -0.308 e. The van der Waals surface area contributed by atoms with Crippen LogP contribution in [0.1, 0.15) is 17.3 Å². The molecule has 0 heterocycles. The third kappa shape index (κ3) is 5.40. The summed E-state index contributed by atoms with van der Waals surface area (Å²) in [5.74, 6) is -0.0474. The largest absolute Gasteiger partial charge is 0.323 e. The van der Waals surface area contributed by atoms with Gasteiger partial charge in [-0.25, -0.2) is 13.2 Å². The highest BCUT2D eigenvalue weighted by molar-refractivity contribution is 7.92. The standard InChI is InChI=1S/C16H17N3O4S/c1-11(20)12-3-5-13(6-4-12)17-16(21)18-14-7-9-15(10-8-14)19-24(2,22)23/h3-10,19H,1-2H3,(H2,17,18,21). The Morgan fingerprint density at radius 1 is 0.792 bits per heavy atom. The predicted octanol–water partition coefficient (Wildman–Crippen LogP) is 2.90. The number of hydrogen-bond acceptors (Lipinski definition) is 4. The third-order valence-electron chi connectivity index (χ3n) is 3.00. The van der Waals surface area contributed by atoms with Crippen LogP contribution >= 0.6 is 0 Å². The van der Waals surface area contributed by atoms with E-state index in [2.05, 4.69) is 15.4 Å². The predicted molar refractivity (Wildman–Crippen MR) is 94.0 cm³/mol. The molecule has 0 aliphatic carbocycles. The Labute approximate surface area is 140 Å². The number of sulfonamides is 1. The van der Waals surface area contributed by atoms with E-state index in [0.29, 0.717) is 22.6 Å². The van der Waals surface area contributed by atoms with Crippen molar-refractivity contribution in [3.63, 3.8) is 0 Å². The molecule has 0 atom stereocenters. The van der Waals surface area contributed by atoms with Crippen LogP contribution in [0.15, 0.2) is 48.5 Å². The lowest BCUT2D eigenvalue weighted by molar-refractivity contribution is 0.101. The van der Waals surface area contributed by atoms with Crippen molar-refractivity contribution in [2.24, 2.45) is 0 Å². The minimum atomic E-state index is -3.34. The normalized spacial score (nSPS) is 10.8. The number of carbonyl (C=O) groups is 2. The molecule has 0 fully saturated rings. The second-order valence-electron chi connectivity index (χ2n) is 5.16. The molecule has 0 radical (unpaired) electrons. The molecule has 0 saturated carbocycles. The fourth-order valence-corrected chi connectivity index (χ4v) is 2.48. The van der Waals surface area contributed by atoms with Gasteiger partial charge in [0.05, 0.1) is 6.26 Å². The molecule has 2 aromatic carbocycles. The second-order valence-corrected chi connectivity index (χ2v) is 6.91. The number of carbonyl (C=O) groups excluding carboxylic acids is 2. The van der Waals surface area contributed by atoms with Crippen LogP contribution in [-0.2, 0) is 10.0 Å². The smallest absolute Gasteiger partial charge is 0.308 e. The van der Waals surface area contributed by atoms with Crippen molar-refractivity contribution in [3.05, 3.63) is 54.1 Å². The summed E-state index contributed by atoms with van der Waals surface area (Å²) in [7, 11) is -3.34. The average Bonchev–Trinajstić information content (AvgIpc) is 2.48. The lowest BCUT2D eigenvalue weighted by Gasteiger charge is -2.09. The van der Waals surface area contributed by atoms with Gasteiger partial charge in [-0.05, 0) is 55.5 Å². The van der Waals surface area contributed by atoms with Crippen LogP contribution in [-0.4, -0.2) is 26.5 Å². The summed E-state index contributed by atoms with van der Waals surface area (Å²) in [5, 5.41) is 5.26. The van der Waals surface area contributed by atoms with Gasteiger partial charge in [-0.1, -0.05) is 0 Å². The molecule has 0 bridgehead atoms.